The average Bonchev–Trinajstić information content (AvgIpc) is 3.42. The lowest BCUT2D eigenvalue weighted by atomic mass is 9.95. The van der Waals surface area contributed by atoms with Gasteiger partial charge in [0.25, 0.3) is 5.91 Å². The summed E-state index contributed by atoms with van der Waals surface area (Å²) in [5, 5.41) is 10.2. The van der Waals surface area contributed by atoms with Crippen molar-refractivity contribution < 1.29 is 18.0 Å². The van der Waals surface area contributed by atoms with E-state index in [9.17, 15) is 18.0 Å². The number of alkyl halides is 3. The molecule has 1 aliphatic heterocycles. The Morgan fingerprint density at radius 3 is 2.59 bits per heavy atom. The minimum Gasteiger partial charge on any atom is -0.363 e. The molecular weight excluding hydrogens is 381 g/mol. The topological polar surface area (TPSA) is 59.0 Å². The number of carbonyl (C=O) groups excluding carboxylic acids is 1. The Bertz CT molecular complexity index is 910. The Kier molecular flexibility index (Phi) is 4.33. The molecule has 8 heteroatoms. The fraction of sp³-hybridized carbons (Fsp3) is 0.524. The van der Waals surface area contributed by atoms with Gasteiger partial charge in [-0.25, -0.2) is 4.68 Å². The second kappa shape index (κ2) is 6.78. The Balaban J connectivity index is 1.44. The molecule has 0 spiro atoms. The van der Waals surface area contributed by atoms with Gasteiger partial charge in [0.05, 0.1) is 12.2 Å². The highest BCUT2D eigenvalue weighted by Gasteiger charge is 2.47. The number of nitrogens with one attached hydrogen (secondary N) is 2. The van der Waals surface area contributed by atoms with Crippen LogP contribution >= 0.6 is 0 Å². The summed E-state index contributed by atoms with van der Waals surface area (Å²) in [5.74, 6) is 0.962. The Morgan fingerprint density at radius 2 is 1.93 bits per heavy atom. The number of aromatic nitrogens is 2. The molecule has 29 heavy (non-hydrogen) atoms. The van der Waals surface area contributed by atoms with Crippen molar-refractivity contribution in [2.24, 2.45) is 11.8 Å². The lowest BCUT2D eigenvalue weighted by Gasteiger charge is -2.34. The molecule has 1 aromatic carbocycles. The highest BCUT2D eigenvalue weighted by atomic mass is 19.4. The largest absolute Gasteiger partial charge is 0.410 e. The van der Waals surface area contributed by atoms with Crippen LogP contribution < -0.4 is 10.6 Å². The zero-order valence-corrected chi connectivity index (χ0v) is 15.8. The third-order valence-corrected chi connectivity index (χ3v) is 6.74. The van der Waals surface area contributed by atoms with Crippen LogP contribution in [-0.4, -0.2) is 27.9 Å². The van der Waals surface area contributed by atoms with Crippen molar-refractivity contribution in [2.75, 3.05) is 5.32 Å². The first-order valence-electron chi connectivity index (χ1n) is 10.2. The van der Waals surface area contributed by atoms with Crippen LogP contribution in [0.15, 0.2) is 36.5 Å². The van der Waals surface area contributed by atoms with Crippen molar-refractivity contribution in [1.82, 2.24) is 15.1 Å². The molecule has 2 N–H and O–H groups in total. The second-order valence-corrected chi connectivity index (χ2v) is 8.51. The summed E-state index contributed by atoms with van der Waals surface area (Å²) in [6.07, 6.45) is 1.08. The van der Waals surface area contributed by atoms with Gasteiger partial charge in [0, 0.05) is 12.5 Å². The third kappa shape index (κ3) is 3.28. The van der Waals surface area contributed by atoms with Crippen LogP contribution in [0.3, 0.4) is 0 Å². The van der Waals surface area contributed by atoms with E-state index in [1.54, 1.807) is 24.3 Å². The fourth-order valence-electron chi connectivity index (χ4n) is 5.30. The number of rotatable bonds is 3. The number of hydrogen-bond donors (Lipinski definition) is 2. The quantitative estimate of drug-likeness (QED) is 0.794. The number of benzene rings is 1. The lowest BCUT2D eigenvalue weighted by Crippen LogP contribution is -2.39. The SMILES string of the molecule is O=C(NC1CC2CCC1C2)c1cnn2c1NC(c1ccccc1)CC2C(F)(F)F. The van der Waals surface area contributed by atoms with E-state index in [0.717, 1.165) is 29.5 Å². The number of anilines is 1. The van der Waals surface area contributed by atoms with Gasteiger partial charge < -0.3 is 10.6 Å². The standard InChI is InChI=1S/C21H23F3N4O/c22-21(23,24)18-10-17(13-4-2-1-3-5-13)26-19-15(11-25-28(18)19)20(29)27-16-9-12-6-7-14(16)8-12/h1-5,11-12,14,16-18,26H,6-10H2,(H,27,29). The molecule has 5 rings (SSSR count). The van der Waals surface area contributed by atoms with Crippen LogP contribution in [-0.2, 0) is 0 Å². The van der Waals surface area contributed by atoms with E-state index in [4.69, 9.17) is 0 Å². The van der Waals surface area contributed by atoms with Gasteiger partial charge in [0.15, 0.2) is 6.04 Å². The van der Waals surface area contributed by atoms with Crippen LogP contribution in [0.2, 0.25) is 0 Å². The van der Waals surface area contributed by atoms with Gasteiger partial charge in [-0.15, -0.1) is 0 Å². The van der Waals surface area contributed by atoms with Gasteiger partial charge >= 0.3 is 6.18 Å². The smallest absolute Gasteiger partial charge is 0.363 e. The number of carbonyl (C=O) groups is 1. The summed E-state index contributed by atoms with van der Waals surface area (Å²) in [6, 6.07) is 6.82. The third-order valence-electron chi connectivity index (χ3n) is 6.74. The Morgan fingerprint density at radius 1 is 1.14 bits per heavy atom. The maximum absolute atomic E-state index is 13.8. The molecule has 2 aromatic rings. The molecule has 5 atom stereocenters. The summed E-state index contributed by atoms with van der Waals surface area (Å²) in [7, 11) is 0. The van der Waals surface area contributed by atoms with Crippen molar-refractivity contribution >= 4 is 11.7 Å². The van der Waals surface area contributed by atoms with Gasteiger partial charge in [0.2, 0.25) is 0 Å². The normalized spacial score (nSPS) is 30.7. The van der Waals surface area contributed by atoms with Gasteiger partial charge in [-0.3, -0.25) is 4.79 Å². The number of fused-ring (bicyclic) bond motifs is 3. The van der Waals surface area contributed by atoms with Crippen molar-refractivity contribution in [3.63, 3.8) is 0 Å². The van der Waals surface area contributed by atoms with Gasteiger partial charge in [0.1, 0.15) is 11.4 Å². The number of nitrogens with zero attached hydrogens (tertiary/aromatic N) is 2. The van der Waals surface area contributed by atoms with E-state index in [2.05, 4.69) is 15.7 Å². The maximum Gasteiger partial charge on any atom is 0.410 e. The minimum atomic E-state index is -4.45. The molecule has 2 aliphatic carbocycles. The molecule has 2 saturated carbocycles. The predicted molar refractivity (Wildman–Crippen MR) is 101 cm³/mol. The van der Waals surface area contributed by atoms with Gasteiger partial charge in [-0.2, -0.15) is 18.3 Å². The molecule has 2 heterocycles. The first kappa shape index (κ1) is 18.5. The molecule has 1 aromatic heterocycles. The minimum absolute atomic E-state index is 0.115. The van der Waals surface area contributed by atoms with Crippen LogP contribution in [0.25, 0.3) is 0 Å². The van der Waals surface area contributed by atoms with Crippen LogP contribution in [0.1, 0.15) is 60.1 Å². The van der Waals surface area contributed by atoms with Crippen molar-refractivity contribution in [2.45, 2.75) is 56.4 Å². The lowest BCUT2D eigenvalue weighted by molar-refractivity contribution is -0.173. The first-order valence-corrected chi connectivity index (χ1v) is 10.2. The number of halogens is 3. The molecule has 2 fully saturated rings. The second-order valence-electron chi connectivity index (χ2n) is 8.51. The van der Waals surface area contributed by atoms with Crippen molar-refractivity contribution in [3.05, 3.63) is 47.7 Å². The summed E-state index contributed by atoms with van der Waals surface area (Å²) < 4.78 is 42.2. The molecule has 1 amide bonds. The van der Waals surface area contributed by atoms with E-state index in [1.165, 1.54) is 12.6 Å². The van der Waals surface area contributed by atoms with Crippen molar-refractivity contribution in [3.8, 4) is 0 Å². The van der Waals surface area contributed by atoms with Crippen LogP contribution in [0.5, 0.6) is 0 Å². The summed E-state index contributed by atoms with van der Waals surface area (Å²) in [4.78, 5) is 12.9. The molecule has 5 nitrogen and oxygen atoms in total. The molecule has 0 saturated heterocycles. The zero-order valence-electron chi connectivity index (χ0n) is 15.8. The maximum atomic E-state index is 13.8. The zero-order chi connectivity index (χ0) is 20.2. The number of amides is 1. The molecule has 154 valence electrons. The molecule has 3 aliphatic rings. The summed E-state index contributed by atoms with van der Waals surface area (Å²) in [6.45, 7) is 0. The van der Waals surface area contributed by atoms with E-state index in [1.807, 2.05) is 6.07 Å². The molecule has 0 radical (unpaired) electrons. The fourth-order valence-corrected chi connectivity index (χ4v) is 5.30. The Hall–Kier alpha value is -2.51. The van der Waals surface area contributed by atoms with E-state index >= 15 is 0 Å². The van der Waals surface area contributed by atoms with E-state index in [-0.39, 0.29) is 29.8 Å². The predicted octanol–water partition coefficient (Wildman–Crippen LogP) is 4.46. The van der Waals surface area contributed by atoms with E-state index in [0.29, 0.717) is 11.8 Å². The summed E-state index contributed by atoms with van der Waals surface area (Å²) in [5.41, 5.74) is 0.941. The molecule has 5 unspecified atom stereocenters. The summed E-state index contributed by atoms with van der Waals surface area (Å²) >= 11 is 0. The highest BCUT2D eigenvalue weighted by molar-refractivity contribution is 5.99. The van der Waals surface area contributed by atoms with Gasteiger partial charge in [-0.05, 0) is 36.7 Å². The highest BCUT2D eigenvalue weighted by Crippen LogP contribution is 2.46. The average molecular weight is 404 g/mol. The van der Waals surface area contributed by atoms with E-state index < -0.39 is 18.3 Å². The van der Waals surface area contributed by atoms with Crippen LogP contribution in [0, 0.1) is 11.8 Å². The van der Waals surface area contributed by atoms with Crippen LogP contribution in [0.4, 0.5) is 19.0 Å². The molecular formula is C21H23F3N4O. The monoisotopic (exact) mass is 404 g/mol. The number of hydrogen-bond acceptors (Lipinski definition) is 3. The van der Waals surface area contributed by atoms with Gasteiger partial charge in [-0.1, -0.05) is 36.8 Å². The molecule has 2 bridgehead atoms. The first-order chi connectivity index (χ1) is 13.9. The Labute approximate surface area is 166 Å². The van der Waals surface area contributed by atoms with Crippen molar-refractivity contribution in [1.29, 1.82) is 0 Å².